The lowest BCUT2D eigenvalue weighted by molar-refractivity contribution is 0.602. The number of nitrogens with zero attached hydrogens (tertiary/aromatic N) is 1. The van der Waals surface area contributed by atoms with Crippen LogP contribution in [0.2, 0.25) is 0 Å². The molecule has 16 heavy (non-hydrogen) atoms. The number of rotatable bonds is 2. The third-order valence-corrected chi connectivity index (χ3v) is 4.18. The van der Waals surface area contributed by atoms with Crippen LogP contribution in [0.25, 0.3) is 11.1 Å². The molecule has 0 bridgehead atoms. The van der Waals surface area contributed by atoms with E-state index in [1.165, 1.54) is 17.8 Å². The van der Waals surface area contributed by atoms with Crippen LogP contribution < -0.4 is 0 Å². The van der Waals surface area contributed by atoms with Gasteiger partial charge in [0.05, 0.1) is 4.90 Å². The van der Waals surface area contributed by atoms with E-state index >= 15 is 0 Å². The first-order chi connectivity index (χ1) is 7.48. The van der Waals surface area contributed by atoms with Crippen molar-refractivity contribution in [2.24, 2.45) is 0 Å². The molecule has 0 saturated carbocycles. The van der Waals surface area contributed by atoms with Crippen LogP contribution in [-0.4, -0.2) is 19.0 Å². The lowest BCUT2D eigenvalue weighted by atomic mass is 10.1. The van der Waals surface area contributed by atoms with Gasteiger partial charge in [0.15, 0.2) is 9.84 Å². The lowest BCUT2D eigenvalue weighted by Gasteiger charge is -2.01. The van der Waals surface area contributed by atoms with Crippen molar-refractivity contribution < 1.29 is 8.42 Å². The number of hydrogen-bond donors (Lipinski definition) is 0. The first-order valence-corrected chi connectivity index (χ1v) is 7.37. The predicted molar refractivity (Wildman–Crippen MR) is 65.4 cm³/mol. The summed E-state index contributed by atoms with van der Waals surface area (Å²) in [6.45, 7) is 2.00. The highest BCUT2D eigenvalue weighted by atomic mass is 32.2. The summed E-state index contributed by atoms with van der Waals surface area (Å²) < 4.78 is 26.7. The molecule has 0 aliphatic carbocycles. The highest BCUT2D eigenvalue weighted by Crippen LogP contribution is 2.26. The van der Waals surface area contributed by atoms with Crippen molar-refractivity contribution in [3.63, 3.8) is 0 Å². The van der Waals surface area contributed by atoms with E-state index in [0.717, 1.165) is 16.0 Å². The summed E-state index contributed by atoms with van der Waals surface area (Å²) in [5.74, 6) is 0. The Morgan fingerprint density at radius 2 is 1.81 bits per heavy atom. The van der Waals surface area contributed by atoms with E-state index in [2.05, 4.69) is 4.37 Å². The van der Waals surface area contributed by atoms with Gasteiger partial charge in [0.2, 0.25) is 0 Å². The molecule has 5 heteroatoms. The molecule has 0 unspecified atom stereocenters. The molecule has 0 spiro atoms. The largest absolute Gasteiger partial charge is 0.224 e. The van der Waals surface area contributed by atoms with Crippen molar-refractivity contribution in [2.75, 3.05) is 6.26 Å². The fourth-order valence-corrected chi connectivity index (χ4v) is 2.67. The van der Waals surface area contributed by atoms with Crippen LogP contribution in [-0.2, 0) is 9.84 Å². The molecule has 1 heterocycles. The molecule has 0 amide bonds. The Labute approximate surface area is 98.8 Å². The van der Waals surface area contributed by atoms with Crippen LogP contribution in [0.5, 0.6) is 0 Å². The molecule has 2 rings (SSSR count). The minimum Gasteiger partial charge on any atom is -0.224 e. The van der Waals surface area contributed by atoms with Crippen molar-refractivity contribution >= 4 is 21.4 Å². The Kier molecular flexibility index (Phi) is 2.82. The van der Waals surface area contributed by atoms with E-state index < -0.39 is 9.84 Å². The summed E-state index contributed by atoms with van der Waals surface area (Å²) in [6.07, 6.45) is 3.01. The first-order valence-electron chi connectivity index (χ1n) is 4.70. The highest BCUT2D eigenvalue weighted by Gasteiger charge is 2.08. The molecule has 0 N–H and O–H groups in total. The molecule has 0 saturated heterocycles. The van der Waals surface area contributed by atoms with E-state index in [1.54, 1.807) is 18.3 Å². The Morgan fingerprint density at radius 1 is 1.19 bits per heavy atom. The van der Waals surface area contributed by atoms with Crippen molar-refractivity contribution in [1.29, 1.82) is 0 Å². The van der Waals surface area contributed by atoms with Gasteiger partial charge in [0, 0.05) is 22.9 Å². The van der Waals surface area contributed by atoms with E-state index in [1.807, 2.05) is 19.1 Å². The van der Waals surface area contributed by atoms with Gasteiger partial charge >= 0.3 is 0 Å². The molecule has 84 valence electrons. The summed E-state index contributed by atoms with van der Waals surface area (Å²) in [5.41, 5.74) is 2.06. The molecule has 2 aromatic rings. The smallest absolute Gasteiger partial charge is 0.175 e. The second-order valence-electron chi connectivity index (χ2n) is 3.59. The predicted octanol–water partition coefficient (Wildman–Crippen LogP) is 2.52. The number of aromatic nitrogens is 1. The summed E-state index contributed by atoms with van der Waals surface area (Å²) in [5, 5.41) is 0. The fourth-order valence-electron chi connectivity index (χ4n) is 1.46. The molecule has 3 nitrogen and oxygen atoms in total. The SMILES string of the molecule is Cc1sncc1-c1ccc(S(C)(=O)=O)cc1. The lowest BCUT2D eigenvalue weighted by Crippen LogP contribution is -1.96. The number of aryl methyl sites for hydroxylation is 1. The maximum absolute atomic E-state index is 11.3. The molecule has 0 aliphatic rings. The molecule has 0 fully saturated rings. The van der Waals surface area contributed by atoms with Gasteiger partial charge in [-0.15, -0.1) is 0 Å². The third kappa shape index (κ3) is 2.15. The molecule has 1 aromatic heterocycles. The van der Waals surface area contributed by atoms with Crippen molar-refractivity contribution in [2.45, 2.75) is 11.8 Å². The average molecular weight is 253 g/mol. The standard InChI is InChI=1S/C11H11NO2S2/c1-8-11(7-12-15-8)9-3-5-10(6-4-9)16(2,13)14/h3-7H,1-2H3. The Balaban J connectivity index is 2.45. The van der Waals surface area contributed by atoms with Gasteiger partial charge in [-0.3, -0.25) is 0 Å². The second-order valence-corrected chi connectivity index (χ2v) is 6.61. The first kappa shape index (κ1) is 11.3. The van der Waals surface area contributed by atoms with E-state index in [-0.39, 0.29) is 0 Å². The number of benzene rings is 1. The van der Waals surface area contributed by atoms with Crippen molar-refractivity contribution in [3.05, 3.63) is 35.3 Å². The molecular weight excluding hydrogens is 242 g/mol. The zero-order chi connectivity index (χ0) is 11.8. The number of sulfone groups is 1. The molecule has 0 atom stereocenters. The monoisotopic (exact) mass is 253 g/mol. The quantitative estimate of drug-likeness (QED) is 0.826. The zero-order valence-electron chi connectivity index (χ0n) is 8.97. The van der Waals surface area contributed by atoms with Crippen LogP contribution in [0.15, 0.2) is 35.4 Å². The van der Waals surface area contributed by atoms with Gasteiger partial charge in [0.25, 0.3) is 0 Å². The van der Waals surface area contributed by atoms with Gasteiger partial charge in [-0.05, 0) is 36.2 Å². The van der Waals surface area contributed by atoms with E-state index in [9.17, 15) is 8.42 Å². The molecule has 1 aromatic carbocycles. The van der Waals surface area contributed by atoms with Crippen LogP contribution in [0.3, 0.4) is 0 Å². The summed E-state index contributed by atoms with van der Waals surface area (Å²) >= 11 is 1.44. The van der Waals surface area contributed by atoms with Crippen molar-refractivity contribution in [3.8, 4) is 11.1 Å². The van der Waals surface area contributed by atoms with Crippen LogP contribution >= 0.6 is 11.5 Å². The minimum atomic E-state index is -3.11. The van der Waals surface area contributed by atoms with Gasteiger partial charge in [0.1, 0.15) is 0 Å². The van der Waals surface area contributed by atoms with Gasteiger partial charge < -0.3 is 0 Å². The fraction of sp³-hybridized carbons (Fsp3) is 0.182. The van der Waals surface area contributed by atoms with Crippen LogP contribution in [0.1, 0.15) is 4.88 Å². The van der Waals surface area contributed by atoms with Gasteiger partial charge in [-0.25, -0.2) is 12.8 Å². The maximum Gasteiger partial charge on any atom is 0.175 e. The zero-order valence-corrected chi connectivity index (χ0v) is 10.6. The van der Waals surface area contributed by atoms with Crippen LogP contribution in [0, 0.1) is 6.92 Å². The second kappa shape index (κ2) is 3.99. The third-order valence-electron chi connectivity index (χ3n) is 2.34. The Morgan fingerprint density at radius 3 is 2.25 bits per heavy atom. The average Bonchev–Trinajstić information content (AvgIpc) is 2.63. The van der Waals surface area contributed by atoms with E-state index in [0.29, 0.717) is 4.90 Å². The minimum absolute atomic E-state index is 0.345. The van der Waals surface area contributed by atoms with Gasteiger partial charge in [-0.1, -0.05) is 12.1 Å². The molecule has 0 radical (unpaired) electrons. The van der Waals surface area contributed by atoms with Crippen LogP contribution in [0.4, 0.5) is 0 Å². The number of hydrogen-bond acceptors (Lipinski definition) is 4. The summed E-state index contributed by atoms with van der Waals surface area (Å²) in [7, 11) is -3.11. The summed E-state index contributed by atoms with van der Waals surface area (Å²) in [4.78, 5) is 1.48. The topological polar surface area (TPSA) is 47.0 Å². The Bertz CT molecular complexity index is 597. The highest BCUT2D eigenvalue weighted by molar-refractivity contribution is 7.90. The normalized spacial score (nSPS) is 11.6. The summed E-state index contributed by atoms with van der Waals surface area (Å²) in [6, 6.07) is 6.88. The molecular formula is C11H11NO2S2. The van der Waals surface area contributed by atoms with Gasteiger partial charge in [-0.2, -0.15) is 0 Å². The van der Waals surface area contributed by atoms with E-state index in [4.69, 9.17) is 0 Å². The van der Waals surface area contributed by atoms with Crippen molar-refractivity contribution in [1.82, 2.24) is 4.37 Å². The maximum atomic E-state index is 11.3. The molecule has 0 aliphatic heterocycles. The Hall–Kier alpha value is -1.20.